The van der Waals surface area contributed by atoms with Gasteiger partial charge in [-0.05, 0) is 48.9 Å². The number of carbonyl (C=O) groups excluding carboxylic acids is 1. The summed E-state index contributed by atoms with van der Waals surface area (Å²) < 4.78 is 11.1. The molecule has 120 valence electrons. The molecule has 0 atom stereocenters. The maximum atomic E-state index is 12.1. The van der Waals surface area contributed by atoms with Gasteiger partial charge in [-0.1, -0.05) is 48.0 Å². The minimum atomic E-state index is -0.368. The van der Waals surface area contributed by atoms with Crippen LogP contribution in [0.25, 0.3) is 0 Å². The average molecular weight is 318 g/mol. The van der Waals surface area contributed by atoms with Crippen LogP contribution in [0.2, 0.25) is 0 Å². The molecule has 0 radical (unpaired) electrons. The molecule has 0 amide bonds. The lowest BCUT2D eigenvalue weighted by Crippen LogP contribution is -2.08. The van der Waals surface area contributed by atoms with E-state index in [1.165, 1.54) is 0 Å². The minimum absolute atomic E-state index is 0.368. The SMILES string of the molecule is Cc1ccc(C(=O)Oc2ccc(OCc3ccccc3)cc2)cc1. The fourth-order valence-electron chi connectivity index (χ4n) is 2.20. The number of benzene rings is 3. The second-order valence-electron chi connectivity index (χ2n) is 5.50. The lowest BCUT2D eigenvalue weighted by molar-refractivity contribution is 0.0734. The third-order valence-electron chi connectivity index (χ3n) is 3.57. The predicted molar refractivity (Wildman–Crippen MR) is 93.4 cm³/mol. The first kappa shape index (κ1) is 15.8. The molecule has 3 heteroatoms. The lowest BCUT2D eigenvalue weighted by atomic mass is 10.1. The third-order valence-corrected chi connectivity index (χ3v) is 3.57. The Bertz CT molecular complexity index is 791. The van der Waals surface area contributed by atoms with Gasteiger partial charge in [-0.25, -0.2) is 4.79 Å². The van der Waals surface area contributed by atoms with Gasteiger partial charge in [0.15, 0.2) is 0 Å². The summed E-state index contributed by atoms with van der Waals surface area (Å²) >= 11 is 0. The largest absolute Gasteiger partial charge is 0.489 e. The molecule has 0 fully saturated rings. The number of rotatable bonds is 5. The van der Waals surface area contributed by atoms with Gasteiger partial charge in [-0.15, -0.1) is 0 Å². The maximum absolute atomic E-state index is 12.1. The Labute approximate surface area is 141 Å². The van der Waals surface area contributed by atoms with Gasteiger partial charge in [0.1, 0.15) is 18.1 Å². The van der Waals surface area contributed by atoms with Crippen molar-refractivity contribution in [2.24, 2.45) is 0 Å². The van der Waals surface area contributed by atoms with Crippen LogP contribution in [-0.4, -0.2) is 5.97 Å². The normalized spacial score (nSPS) is 10.2. The molecule has 24 heavy (non-hydrogen) atoms. The Hall–Kier alpha value is -3.07. The van der Waals surface area contributed by atoms with Crippen molar-refractivity contribution in [2.75, 3.05) is 0 Å². The van der Waals surface area contributed by atoms with Crippen molar-refractivity contribution >= 4 is 5.97 Å². The van der Waals surface area contributed by atoms with Gasteiger partial charge in [-0.3, -0.25) is 0 Å². The molecule has 0 bridgehead atoms. The molecule has 3 aromatic carbocycles. The van der Waals surface area contributed by atoms with Gasteiger partial charge in [0, 0.05) is 0 Å². The van der Waals surface area contributed by atoms with E-state index in [-0.39, 0.29) is 5.97 Å². The third kappa shape index (κ3) is 4.23. The summed E-state index contributed by atoms with van der Waals surface area (Å²) in [6, 6.07) is 24.3. The van der Waals surface area contributed by atoms with Crippen LogP contribution in [0.15, 0.2) is 78.9 Å². The molecule has 0 saturated heterocycles. The van der Waals surface area contributed by atoms with Crippen LogP contribution in [0.5, 0.6) is 11.5 Å². The van der Waals surface area contributed by atoms with Crippen LogP contribution in [0.3, 0.4) is 0 Å². The standard InChI is InChI=1S/C21H18O3/c1-16-7-9-18(10-8-16)21(22)24-20-13-11-19(12-14-20)23-15-17-5-3-2-4-6-17/h2-14H,15H2,1H3. The zero-order chi connectivity index (χ0) is 16.8. The van der Waals surface area contributed by atoms with Crippen molar-refractivity contribution in [2.45, 2.75) is 13.5 Å². The van der Waals surface area contributed by atoms with E-state index in [9.17, 15) is 4.79 Å². The molecule has 0 heterocycles. The van der Waals surface area contributed by atoms with E-state index in [1.54, 1.807) is 36.4 Å². The van der Waals surface area contributed by atoms with E-state index in [1.807, 2.05) is 49.4 Å². The Morgan fingerprint density at radius 2 is 1.42 bits per heavy atom. The van der Waals surface area contributed by atoms with E-state index < -0.39 is 0 Å². The maximum Gasteiger partial charge on any atom is 0.343 e. The fourth-order valence-corrected chi connectivity index (χ4v) is 2.20. The van der Waals surface area contributed by atoms with Gasteiger partial charge in [0.05, 0.1) is 5.56 Å². The summed E-state index contributed by atoms with van der Waals surface area (Å²) in [6.07, 6.45) is 0. The van der Waals surface area contributed by atoms with Crippen LogP contribution in [-0.2, 0) is 6.61 Å². The molecule has 0 aliphatic rings. The summed E-state index contributed by atoms with van der Waals surface area (Å²) in [6.45, 7) is 2.48. The highest BCUT2D eigenvalue weighted by atomic mass is 16.5. The monoisotopic (exact) mass is 318 g/mol. The average Bonchev–Trinajstić information content (AvgIpc) is 2.62. The molecule has 0 aliphatic carbocycles. The minimum Gasteiger partial charge on any atom is -0.489 e. The Morgan fingerprint density at radius 1 is 0.792 bits per heavy atom. The van der Waals surface area contributed by atoms with Crippen molar-refractivity contribution in [3.63, 3.8) is 0 Å². The first-order chi connectivity index (χ1) is 11.7. The molecule has 0 saturated carbocycles. The van der Waals surface area contributed by atoms with Crippen LogP contribution in [0.1, 0.15) is 21.5 Å². The van der Waals surface area contributed by atoms with Crippen LogP contribution in [0, 0.1) is 6.92 Å². The molecule has 0 aromatic heterocycles. The second-order valence-corrected chi connectivity index (χ2v) is 5.50. The van der Waals surface area contributed by atoms with E-state index in [2.05, 4.69) is 0 Å². The van der Waals surface area contributed by atoms with Crippen LogP contribution < -0.4 is 9.47 Å². The Balaban J connectivity index is 1.58. The number of hydrogen-bond acceptors (Lipinski definition) is 3. The van der Waals surface area contributed by atoms with E-state index >= 15 is 0 Å². The first-order valence-electron chi connectivity index (χ1n) is 7.76. The van der Waals surface area contributed by atoms with Crippen molar-refractivity contribution in [1.82, 2.24) is 0 Å². The number of esters is 1. The molecule has 0 N–H and O–H groups in total. The fraction of sp³-hybridized carbons (Fsp3) is 0.0952. The van der Waals surface area contributed by atoms with Gasteiger partial charge < -0.3 is 9.47 Å². The zero-order valence-electron chi connectivity index (χ0n) is 13.4. The quantitative estimate of drug-likeness (QED) is 0.501. The topological polar surface area (TPSA) is 35.5 Å². The smallest absolute Gasteiger partial charge is 0.343 e. The first-order valence-corrected chi connectivity index (χ1v) is 7.76. The number of hydrogen-bond donors (Lipinski definition) is 0. The van der Waals surface area contributed by atoms with Crippen LogP contribution >= 0.6 is 0 Å². The van der Waals surface area contributed by atoms with Crippen molar-refractivity contribution < 1.29 is 14.3 Å². The molecule has 0 spiro atoms. The Morgan fingerprint density at radius 3 is 2.08 bits per heavy atom. The van der Waals surface area contributed by atoms with Gasteiger partial charge in [-0.2, -0.15) is 0 Å². The number of aryl methyl sites for hydroxylation is 1. The highest BCUT2D eigenvalue weighted by molar-refractivity contribution is 5.91. The summed E-state index contributed by atoms with van der Waals surface area (Å²) in [7, 11) is 0. The Kier molecular flexibility index (Phi) is 4.92. The van der Waals surface area contributed by atoms with Crippen molar-refractivity contribution in [3.8, 4) is 11.5 Å². The highest BCUT2D eigenvalue weighted by Crippen LogP contribution is 2.20. The highest BCUT2D eigenvalue weighted by Gasteiger charge is 2.08. The molecule has 0 aliphatic heterocycles. The zero-order valence-corrected chi connectivity index (χ0v) is 13.4. The van der Waals surface area contributed by atoms with Crippen LogP contribution in [0.4, 0.5) is 0 Å². The predicted octanol–water partition coefficient (Wildman–Crippen LogP) is 4.79. The van der Waals surface area contributed by atoms with Crippen molar-refractivity contribution in [3.05, 3.63) is 95.6 Å². The summed E-state index contributed by atoms with van der Waals surface area (Å²) in [4.78, 5) is 12.1. The molecule has 3 nitrogen and oxygen atoms in total. The number of ether oxygens (including phenoxy) is 2. The lowest BCUT2D eigenvalue weighted by Gasteiger charge is -2.08. The molecular weight excluding hydrogens is 300 g/mol. The second kappa shape index (κ2) is 7.47. The summed E-state index contributed by atoms with van der Waals surface area (Å²) in [5, 5.41) is 0. The number of carbonyl (C=O) groups is 1. The van der Waals surface area contributed by atoms with E-state index in [0.29, 0.717) is 17.9 Å². The summed E-state index contributed by atoms with van der Waals surface area (Å²) in [5.41, 5.74) is 2.74. The van der Waals surface area contributed by atoms with Crippen molar-refractivity contribution in [1.29, 1.82) is 0 Å². The van der Waals surface area contributed by atoms with Gasteiger partial charge >= 0.3 is 5.97 Å². The molecule has 0 unspecified atom stereocenters. The van der Waals surface area contributed by atoms with E-state index in [0.717, 1.165) is 16.9 Å². The van der Waals surface area contributed by atoms with E-state index in [4.69, 9.17) is 9.47 Å². The molecule has 3 rings (SSSR count). The van der Waals surface area contributed by atoms with Gasteiger partial charge in [0.25, 0.3) is 0 Å². The molecular formula is C21H18O3. The summed E-state index contributed by atoms with van der Waals surface area (Å²) in [5.74, 6) is 0.856. The molecule has 3 aromatic rings. The van der Waals surface area contributed by atoms with Gasteiger partial charge in [0.2, 0.25) is 0 Å².